The van der Waals surface area contributed by atoms with E-state index in [1.165, 1.54) is 6.07 Å². The molecule has 4 nitrogen and oxygen atoms in total. The number of likely N-dealkylation sites (tertiary alicyclic amines) is 1. The van der Waals surface area contributed by atoms with E-state index in [-0.39, 0.29) is 17.8 Å². The molecular formula is C23H28FN3O. The van der Waals surface area contributed by atoms with Gasteiger partial charge in [-0.05, 0) is 56.5 Å². The monoisotopic (exact) mass is 381 g/mol. The average molecular weight is 381 g/mol. The molecule has 5 heteroatoms. The molecule has 1 fully saturated rings. The van der Waals surface area contributed by atoms with Gasteiger partial charge in [-0.25, -0.2) is 9.37 Å². The highest BCUT2D eigenvalue weighted by Crippen LogP contribution is 2.34. The van der Waals surface area contributed by atoms with Crippen molar-refractivity contribution in [3.8, 4) is 0 Å². The first-order valence-corrected chi connectivity index (χ1v) is 10.1. The van der Waals surface area contributed by atoms with Gasteiger partial charge in [-0.2, -0.15) is 0 Å². The lowest BCUT2D eigenvalue weighted by atomic mass is 9.75. The zero-order valence-electron chi connectivity index (χ0n) is 16.4. The van der Waals surface area contributed by atoms with Gasteiger partial charge in [-0.15, -0.1) is 0 Å². The van der Waals surface area contributed by atoms with Crippen molar-refractivity contribution in [1.29, 1.82) is 0 Å². The fourth-order valence-electron chi connectivity index (χ4n) is 4.62. The Bertz CT molecular complexity index is 954. The maximum atomic E-state index is 14.2. The third-order valence-electron chi connectivity index (χ3n) is 6.01. The molecule has 2 heterocycles. The SMILES string of the molecule is CCn1c(CN2CCC[C@](CO)(Cc3ccccc3F)C2)nc2ccccc21. The van der Waals surface area contributed by atoms with Crippen molar-refractivity contribution in [2.24, 2.45) is 5.41 Å². The first kappa shape index (κ1) is 19.1. The Kier molecular flexibility index (Phi) is 5.47. The number of fused-ring (bicyclic) bond motifs is 1. The van der Waals surface area contributed by atoms with Gasteiger partial charge in [0.15, 0.2) is 0 Å². The highest BCUT2D eigenvalue weighted by Gasteiger charge is 2.36. The van der Waals surface area contributed by atoms with Crippen LogP contribution in [0.4, 0.5) is 4.39 Å². The highest BCUT2D eigenvalue weighted by atomic mass is 19.1. The minimum atomic E-state index is -0.302. The zero-order chi connectivity index (χ0) is 19.6. The van der Waals surface area contributed by atoms with E-state index in [2.05, 4.69) is 28.5 Å². The van der Waals surface area contributed by atoms with Crippen molar-refractivity contribution in [2.75, 3.05) is 19.7 Å². The van der Waals surface area contributed by atoms with E-state index in [1.54, 1.807) is 6.07 Å². The Morgan fingerprint density at radius 2 is 1.93 bits per heavy atom. The standard InChI is InChI=1S/C23H28FN3O/c1-2-27-21-11-6-5-10-20(21)25-22(27)15-26-13-7-12-23(16-26,17-28)14-18-8-3-4-9-19(18)24/h3-6,8-11,28H,2,7,12-17H2,1H3/t23-/m0/s1. The number of imidazole rings is 1. The van der Waals surface area contributed by atoms with E-state index in [0.717, 1.165) is 55.9 Å². The number of rotatable bonds is 6. The summed E-state index contributed by atoms with van der Waals surface area (Å²) in [5.41, 5.74) is 2.58. The van der Waals surface area contributed by atoms with E-state index in [0.29, 0.717) is 12.0 Å². The zero-order valence-corrected chi connectivity index (χ0v) is 16.4. The van der Waals surface area contributed by atoms with Crippen LogP contribution in [0.1, 0.15) is 31.2 Å². The van der Waals surface area contributed by atoms with E-state index >= 15 is 0 Å². The van der Waals surface area contributed by atoms with E-state index in [1.807, 2.05) is 24.3 Å². The van der Waals surface area contributed by atoms with Crippen molar-refractivity contribution < 1.29 is 9.50 Å². The van der Waals surface area contributed by atoms with Crippen molar-refractivity contribution in [3.05, 3.63) is 65.7 Å². The summed E-state index contributed by atoms with van der Waals surface area (Å²) in [4.78, 5) is 7.22. The number of nitrogens with zero attached hydrogens (tertiary/aromatic N) is 3. The van der Waals surface area contributed by atoms with Crippen LogP contribution in [0.5, 0.6) is 0 Å². The van der Waals surface area contributed by atoms with E-state index in [4.69, 9.17) is 4.98 Å². The smallest absolute Gasteiger partial charge is 0.126 e. The molecule has 1 atom stereocenters. The number of aromatic nitrogens is 2. The number of para-hydroxylation sites is 2. The molecule has 0 bridgehead atoms. The number of aliphatic hydroxyl groups excluding tert-OH is 1. The molecule has 2 aromatic carbocycles. The van der Waals surface area contributed by atoms with Crippen molar-refractivity contribution in [3.63, 3.8) is 0 Å². The predicted octanol–water partition coefficient (Wildman–Crippen LogP) is 4.01. The van der Waals surface area contributed by atoms with Crippen LogP contribution in [-0.4, -0.2) is 39.3 Å². The summed E-state index contributed by atoms with van der Waals surface area (Å²) in [6.45, 7) is 5.58. The third-order valence-corrected chi connectivity index (χ3v) is 6.01. The van der Waals surface area contributed by atoms with Gasteiger partial charge >= 0.3 is 0 Å². The minimum absolute atomic E-state index is 0.0715. The summed E-state index contributed by atoms with van der Waals surface area (Å²) in [5.74, 6) is 0.878. The molecule has 0 aliphatic carbocycles. The van der Waals surface area contributed by atoms with Gasteiger partial charge in [0, 0.05) is 18.5 Å². The van der Waals surface area contributed by atoms with Gasteiger partial charge in [0.05, 0.1) is 24.2 Å². The molecule has 0 unspecified atom stereocenters. The summed E-state index contributed by atoms with van der Waals surface area (Å²) in [6.07, 6.45) is 2.48. The second-order valence-corrected chi connectivity index (χ2v) is 8.00. The van der Waals surface area contributed by atoms with Gasteiger partial charge in [-0.3, -0.25) is 4.90 Å². The number of benzene rings is 2. The normalized spacial score (nSPS) is 20.7. The maximum Gasteiger partial charge on any atom is 0.126 e. The number of aryl methyl sites for hydroxylation is 1. The van der Waals surface area contributed by atoms with Crippen molar-refractivity contribution in [2.45, 2.75) is 39.3 Å². The highest BCUT2D eigenvalue weighted by molar-refractivity contribution is 5.75. The lowest BCUT2D eigenvalue weighted by Gasteiger charge is -2.42. The molecule has 1 N–H and O–H groups in total. The summed E-state index contributed by atoms with van der Waals surface area (Å²) >= 11 is 0. The second kappa shape index (κ2) is 8.02. The van der Waals surface area contributed by atoms with Crippen LogP contribution in [0, 0.1) is 11.2 Å². The lowest BCUT2D eigenvalue weighted by molar-refractivity contribution is 0.0269. The first-order chi connectivity index (χ1) is 13.6. The van der Waals surface area contributed by atoms with Gasteiger partial charge in [0.2, 0.25) is 0 Å². The molecule has 1 aliphatic heterocycles. The van der Waals surface area contributed by atoms with Gasteiger partial charge in [0.1, 0.15) is 11.6 Å². The van der Waals surface area contributed by atoms with Crippen LogP contribution in [0.25, 0.3) is 11.0 Å². The second-order valence-electron chi connectivity index (χ2n) is 8.00. The minimum Gasteiger partial charge on any atom is -0.396 e. The van der Waals surface area contributed by atoms with Gasteiger partial charge in [-0.1, -0.05) is 30.3 Å². The van der Waals surface area contributed by atoms with Crippen molar-refractivity contribution in [1.82, 2.24) is 14.5 Å². The maximum absolute atomic E-state index is 14.2. The Morgan fingerprint density at radius 3 is 2.71 bits per heavy atom. The Balaban J connectivity index is 1.56. The average Bonchev–Trinajstić information content (AvgIpc) is 3.07. The molecule has 4 rings (SSSR count). The molecule has 0 spiro atoms. The topological polar surface area (TPSA) is 41.3 Å². The molecule has 0 radical (unpaired) electrons. The van der Waals surface area contributed by atoms with E-state index < -0.39 is 0 Å². The van der Waals surface area contributed by atoms with Gasteiger partial charge < -0.3 is 9.67 Å². The summed E-state index contributed by atoms with van der Waals surface area (Å²) in [6, 6.07) is 15.2. The lowest BCUT2D eigenvalue weighted by Crippen LogP contribution is -2.46. The van der Waals surface area contributed by atoms with Crippen LogP contribution in [0.2, 0.25) is 0 Å². The molecule has 0 amide bonds. The first-order valence-electron chi connectivity index (χ1n) is 10.1. The fraction of sp³-hybridized carbons (Fsp3) is 0.435. The quantitative estimate of drug-likeness (QED) is 0.701. The number of hydrogen-bond donors (Lipinski definition) is 1. The summed E-state index contributed by atoms with van der Waals surface area (Å²) in [5, 5.41) is 10.2. The number of hydrogen-bond acceptors (Lipinski definition) is 3. The predicted molar refractivity (Wildman–Crippen MR) is 110 cm³/mol. The van der Waals surface area contributed by atoms with Crippen LogP contribution in [0.15, 0.2) is 48.5 Å². The molecule has 1 aliphatic rings. The third kappa shape index (κ3) is 3.69. The fourth-order valence-corrected chi connectivity index (χ4v) is 4.62. The Morgan fingerprint density at radius 1 is 1.14 bits per heavy atom. The number of aliphatic hydroxyl groups is 1. The molecule has 1 saturated heterocycles. The van der Waals surface area contributed by atoms with Crippen LogP contribution < -0.4 is 0 Å². The van der Waals surface area contributed by atoms with Crippen LogP contribution >= 0.6 is 0 Å². The molecule has 0 saturated carbocycles. The van der Waals surface area contributed by atoms with E-state index in [9.17, 15) is 9.50 Å². The number of piperidine rings is 1. The van der Waals surface area contributed by atoms with Crippen molar-refractivity contribution >= 4 is 11.0 Å². The molecule has 3 aromatic rings. The largest absolute Gasteiger partial charge is 0.396 e. The van der Waals surface area contributed by atoms with Crippen LogP contribution in [-0.2, 0) is 19.5 Å². The summed E-state index contributed by atoms with van der Waals surface area (Å²) in [7, 11) is 0. The Labute approximate surface area is 165 Å². The molecule has 148 valence electrons. The molecule has 28 heavy (non-hydrogen) atoms. The molecular weight excluding hydrogens is 353 g/mol. The summed E-state index contributed by atoms with van der Waals surface area (Å²) < 4.78 is 16.5. The van der Waals surface area contributed by atoms with Crippen LogP contribution in [0.3, 0.4) is 0 Å². The Hall–Kier alpha value is -2.24. The molecule has 1 aromatic heterocycles. The number of halogens is 1. The van der Waals surface area contributed by atoms with Gasteiger partial charge in [0.25, 0.3) is 0 Å².